The molecule has 0 saturated carbocycles. The molecule has 0 radical (unpaired) electrons. The van der Waals surface area contributed by atoms with Gasteiger partial charge in [0.25, 0.3) is 0 Å². The second-order valence-electron chi connectivity index (χ2n) is 4.94. The van der Waals surface area contributed by atoms with Gasteiger partial charge in [-0.3, -0.25) is 4.79 Å². The van der Waals surface area contributed by atoms with Crippen LogP contribution < -0.4 is 5.32 Å². The van der Waals surface area contributed by atoms with Crippen LogP contribution in [0, 0.1) is 13.8 Å². The van der Waals surface area contributed by atoms with Crippen LogP contribution in [-0.4, -0.2) is 16.0 Å². The monoisotopic (exact) mass is 297 g/mol. The molecule has 0 fully saturated rings. The van der Waals surface area contributed by atoms with Crippen LogP contribution in [0.15, 0.2) is 45.3 Å². The van der Waals surface area contributed by atoms with Crippen LogP contribution in [0.3, 0.4) is 0 Å². The van der Waals surface area contributed by atoms with Crippen molar-refractivity contribution in [3.05, 3.63) is 53.6 Å². The summed E-state index contributed by atoms with van der Waals surface area (Å²) in [4.78, 5) is 16.4. The lowest BCUT2D eigenvalue weighted by molar-refractivity contribution is -0.115. The van der Waals surface area contributed by atoms with Crippen molar-refractivity contribution in [2.24, 2.45) is 0 Å². The zero-order chi connectivity index (χ0) is 15.5. The highest BCUT2D eigenvalue weighted by molar-refractivity contribution is 5.91. The Kier molecular flexibility index (Phi) is 3.74. The average molecular weight is 297 g/mol. The Morgan fingerprint density at radius 2 is 2.00 bits per heavy atom. The summed E-state index contributed by atoms with van der Waals surface area (Å²) in [6, 6.07) is 11.2. The maximum Gasteiger partial charge on any atom is 0.233 e. The van der Waals surface area contributed by atoms with E-state index in [0.717, 1.165) is 5.56 Å². The maximum absolute atomic E-state index is 12.0. The van der Waals surface area contributed by atoms with Crippen LogP contribution in [-0.2, 0) is 11.2 Å². The summed E-state index contributed by atoms with van der Waals surface area (Å²) in [5.41, 5.74) is 1.58. The average Bonchev–Trinajstić information content (AvgIpc) is 3.07. The molecule has 0 unspecified atom stereocenters. The van der Waals surface area contributed by atoms with E-state index in [1.807, 2.05) is 37.3 Å². The quantitative estimate of drug-likeness (QED) is 0.800. The molecule has 3 rings (SSSR count). The summed E-state index contributed by atoms with van der Waals surface area (Å²) in [6.45, 7) is 3.58. The van der Waals surface area contributed by atoms with Crippen molar-refractivity contribution in [2.75, 3.05) is 5.32 Å². The summed E-state index contributed by atoms with van der Waals surface area (Å²) in [7, 11) is 0. The van der Waals surface area contributed by atoms with Crippen LogP contribution >= 0.6 is 0 Å². The van der Waals surface area contributed by atoms with Gasteiger partial charge in [0.15, 0.2) is 5.82 Å². The molecule has 112 valence electrons. The SMILES string of the molecule is Cc1cc(NC(=O)Cc2oc(-c3ccccc3)nc2C)no1. The van der Waals surface area contributed by atoms with E-state index in [-0.39, 0.29) is 12.3 Å². The van der Waals surface area contributed by atoms with Gasteiger partial charge in [0.05, 0.1) is 12.1 Å². The number of nitrogens with zero attached hydrogens (tertiary/aromatic N) is 2. The van der Waals surface area contributed by atoms with Crippen molar-refractivity contribution in [3.63, 3.8) is 0 Å². The van der Waals surface area contributed by atoms with E-state index in [4.69, 9.17) is 8.94 Å². The second kappa shape index (κ2) is 5.85. The topological polar surface area (TPSA) is 81.2 Å². The van der Waals surface area contributed by atoms with E-state index in [2.05, 4.69) is 15.5 Å². The second-order valence-corrected chi connectivity index (χ2v) is 4.94. The Labute approximate surface area is 127 Å². The van der Waals surface area contributed by atoms with Gasteiger partial charge in [-0.1, -0.05) is 23.4 Å². The third kappa shape index (κ3) is 3.06. The molecule has 3 aromatic rings. The Bertz CT molecular complexity index is 790. The highest BCUT2D eigenvalue weighted by Crippen LogP contribution is 2.22. The standard InChI is InChI=1S/C16H15N3O3/c1-10-8-14(19-22-10)18-15(20)9-13-11(2)17-16(21-13)12-6-4-3-5-7-12/h3-8H,9H2,1-2H3,(H,18,19,20). The normalized spacial score (nSPS) is 10.6. The largest absolute Gasteiger partial charge is 0.440 e. The Hall–Kier alpha value is -2.89. The minimum Gasteiger partial charge on any atom is -0.440 e. The van der Waals surface area contributed by atoms with E-state index in [9.17, 15) is 4.79 Å². The molecule has 2 heterocycles. The number of carbonyl (C=O) groups excluding carboxylic acids is 1. The molecule has 0 saturated heterocycles. The third-order valence-corrected chi connectivity index (χ3v) is 3.13. The van der Waals surface area contributed by atoms with Gasteiger partial charge < -0.3 is 14.3 Å². The molecule has 1 aromatic carbocycles. The molecular weight excluding hydrogens is 282 g/mol. The van der Waals surface area contributed by atoms with Gasteiger partial charge in [-0.2, -0.15) is 0 Å². The summed E-state index contributed by atoms with van der Waals surface area (Å²) in [5.74, 6) is 1.85. The minimum absolute atomic E-state index is 0.0948. The number of aromatic nitrogens is 2. The number of rotatable bonds is 4. The summed E-state index contributed by atoms with van der Waals surface area (Å²) >= 11 is 0. The molecule has 1 amide bonds. The first-order valence-electron chi connectivity index (χ1n) is 6.87. The van der Waals surface area contributed by atoms with Crippen LogP contribution in [0.2, 0.25) is 0 Å². The molecule has 6 heteroatoms. The van der Waals surface area contributed by atoms with Gasteiger partial charge in [0.1, 0.15) is 11.5 Å². The molecular formula is C16H15N3O3. The lowest BCUT2D eigenvalue weighted by Gasteiger charge is -1.99. The Balaban J connectivity index is 1.73. The number of benzene rings is 1. The lowest BCUT2D eigenvalue weighted by atomic mass is 10.2. The molecule has 0 atom stereocenters. The Morgan fingerprint density at radius 3 is 2.68 bits per heavy atom. The zero-order valence-corrected chi connectivity index (χ0v) is 12.3. The van der Waals surface area contributed by atoms with Crippen molar-refractivity contribution >= 4 is 11.7 Å². The highest BCUT2D eigenvalue weighted by Gasteiger charge is 2.15. The third-order valence-electron chi connectivity index (χ3n) is 3.13. The van der Waals surface area contributed by atoms with Crippen molar-refractivity contribution in [1.29, 1.82) is 0 Å². The summed E-state index contributed by atoms with van der Waals surface area (Å²) in [5, 5.41) is 6.38. The first-order valence-corrected chi connectivity index (χ1v) is 6.87. The molecule has 6 nitrogen and oxygen atoms in total. The van der Waals surface area contributed by atoms with Crippen molar-refractivity contribution in [2.45, 2.75) is 20.3 Å². The number of amides is 1. The highest BCUT2D eigenvalue weighted by atomic mass is 16.5. The van der Waals surface area contributed by atoms with Gasteiger partial charge in [0.2, 0.25) is 11.8 Å². The number of hydrogen-bond donors (Lipinski definition) is 1. The summed E-state index contributed by atoms with van der Waals surface area (Å²) in [6.07, 6.45) is 0.0948. The minimum atomic E-state index is -0.229. The van der Waals surface area contributed by atoms with Gasteiger partial charge in [-0.25, -0.2) is 4.98 Å². The first kappa shape index (κ1) is 14.1. The molecule has 0 aliphatic rings. The number of hydrogen-bond acceptors (Lipinski definition) is 5. The van der Waals surface area contributed by atoms with Crippen LogP contribution in [0.25, 0.3) is 11.5 Å². The van der Waals surface area contributed by atoms with Crippen LogP contribution in [0.4, 0.5) is 5.82 Å². The number of nitrogens with one attached hydrogen (secondary N) is 1. The van der Waals surface area contributed by atoms with Gasteiger partial charge >= 0.3 is 0 Å². The number of anilines is 1. The van der Waals surface area contributed by atoms with E-state index in [1.165, 1.54) is 0 Å². The lowest BCUT2D eigenvalue weighted by Crippen LogP contribution is -2.14. The number of carbonyl (C=O) groups is 1. The molecule has 0 aliphatic carbocycles. The molecule has 1 N–H and O–H groups in total. The fourth-order valence-electron chi connectivity index (χ4n) is 2.05. The van der Waals surface area contributed by atoms with E-state index in [1.54, 1.807) is 13.0 Å². The Morgan fingerprint density at radius 1 is 1.23 bits per heavy atom. The number of oxazole rings is 1. The zero-order valence-electron chi connectivity index (χ0n) is 12.3. The summed E-state index contributed by atoms with van der Waals surface area (Å²) < 4.78 is 10.6. The smallest absolute Gasteiger partial charge is 0.233 e. The molecule has 0 spiro atoms. The van der Waals surface area contributed by atoms with Crippen LogP contribution in [0.1, 0.15) is 17.2 Å². The van der Waals surface area contributed by atoms with E-state index < -0.39 is 0 Å². The number of aryl methyl sites for hydroxylation is 2. The van der Waals surface area contributed by atoms with Gasteiger partial charge in [-0.15, -0.1) is 0 Å². The van der Waals surface area contributed by atoms with Crippen molar-refractivity contribution in [3.8, 4) is 11.5 Å². The fourth-order valence-corrected chi connectivity index (χ4v) is 2.05. The molecule has 0 aliphatic heterocycles. The van der Waals surface area contributed by atoms with E-state index in [0.29, 0.717) is 28.9 Å². The fraction of sp³-hybridized carbons (Fsp3) is 0.188. The van der Waals surface area contributed by atoms with Crippen molar-refractivity contribution < 1.29 is 13.7 Å². The molecule has 0 bridgehead atoms. The van der Waals surface area contributed by atoms with Crippen LogP contribution in [0.5, 0.6) is 0 Å². The van der Waals surface area contributed by atoms with E-state index >= 15 is 0 Å². The van der Waals surface area contributed by atoms with Gasteiger partial charge in [-0.05, 0) is 26.0 Å². The maximum atomic E-state index is 12.0. The van der Waals surface area contributed by atoms with Gasteiger partial charge in [0, 0.05) is 11.6 Å². The predicted molar refractivity (Wildman–Crippen MR) is 80.2 cm³/mol. The first-order chi connectivity index (χ1) is 10.6. The van der Waals surface area contributed by atoms with Crippen molar-refractivity contribution in [1.82, 2.24) is 10.1 Å². The molecule has 22 heavy (non-hydrogen) atoms. The molecule has 2 aromatic heterocycles. The predicted octanol–water partition coefficient (Wildman–Crippen LogP) is 3.13.